The predicted molar refractivity (Wildman–Crippen MR) is 96.6 cm³/mol. The quantitative estimate of drug-likeness (QED) is 0.377. The summed E-state index contributed by atoms with van der Waals surface area (Å²) >= 11 is 3.83. The third kappa shape index (κ3) is 5.47. The molecule has 5 heteroatoms. The van der Waals surface area contributed by atoms with E-state index in [1.165, 1.54) is 17.1 Å². The van der Waals surface area contributed by atoms with Crippen LogP contribution in [0.5, 0.6) is 0 Å². The van der Waals surface area contributed by atoms with Crippen LogP contribution in [-0.4, -0.2) is 55.3 Å². The van der Waals surface area contributed by atoms with Gasteiger partial charge >= 0.3 is 0 Å². The summed E-state index contributed by atoms with van der Waals surface area (Å²) in [6.07, 6.45) is 3.40. The van der Waals surface area contributed by atoms with Gasteiger partial charge in [-0.2, -0.15) is 11.8 Å². The molecule has 0 aliphatic carbocycles. The first-order valence-corrected chi connectivity index (χ1v) is 9.84. The van der Waals surface area contributed by atoms with Gasteiger partial charge in [0.15, 0.2) is 5.96 Å². The molecule has 2 rings (SSSR count). The lowest BCUT2D eigenvalue weighted by molar-refractivity contribution is 0.476. The van der Waals surface area contributed by atoms with E-state index in [9.17, 15) is 0 Å². The fourth-order valence-electron chi connectivity index (χ4n) is 2.49. The molecule has 1 aliphatic heterocycles. The average Bonchev–Trinajstić information content (AvgIpc) is 2.99. The maximum absolute atomic E-state index is 4.41. The van der Waals surface area contributed by atoms with Crippen LogP contribution in [0, 0.1) is 5.92 Å². The summed E-state index contributed by atoms with van der Waals surface area (Å²) in [6.45, 7) is 3.24. The van der Waals surface area contributed by atoms with Crippen molar-refractivity contribution in [1.82, 2.24) is 10.2 Å². The average molecular weight is 324 g/mol. The normalized spacial score (nSPS) is 19.0. The maximum atomic E-state index is 4.41. The molecule has 1 fully saturated rings. The third-order valence-electron chi connectivity index (χ3n) is 3.62. The van der Waals surface area contributed by atoms with E-state index >= 15 is 0 Å². The molecule has 0 aromatic heterocycles. The molecule has 1 aliphatic rings. The topological polar surface area (TPSA) is 27.6 Å². The molecular formula is C16H25N3S2. The van der Waals surface area contributed by atoms with Gasteiger partial charge in [-0.3, -0.25) is 4.99 Å². The Morgan fingerprint density at radius 1 is 1.38 bits per heavy atom. The highest BCUT2D eigenvalue weighted by Crippen LogP contribution is 2.25. The van der Waals surface area contributed by atoms with Gasteiger partial charge < -0.3 is 10.2 Å². The van der Waals surface area contributed by atoms with Gasteiger partial charge in [-0.05, 0) is 30.7 Å². The number of guanidine groups is 1. The van der Waals surface area contributed by atoms with Crippen molar-refractivity contribution in [3.05, 3.63) is 30.3 Å². The van der Waals surface area contributed by atoms with Gasteiger partial charge in [0.05, 0.1) is 0 Å². The van der Waals surface area contributed by atoms with Crippen LogP contribution >= 0.6 is 23.5 Å². The molecule has 1 atom stereocenters. The smallest absolute Gasteiger partial charge is 0.193 e. The van der Waals surface area contributed by atoms with Gasteiger partial charge in [-0.25, -0.2) is 0 Å². The second-order valence-corrected chi connectivity index (χ2v) is 7.27. The van der Waals surface area contributed by atoms with Crippen molar-refractivity contribution < 1.29 is 0 Å². The van der Waals surface area contributed by atoms with Crippen LogP contribution < -0.4 is 5.32 Å². The van der Waals surface area contributed by atoms with E-state index in [2.05, 4.69) is 51.8 Å². The second kappa shape index (κ2) is 9.26. The van der Waals surface area contributed by atoms with Gasteiger partial charge in [-0.1, -0.05) is 18.2 Å². The van der Waals surface area contributed by atoms with Gasteiger partial charge in [0.2, 0.25) is 0 Å². The van der Waals surface area contributed by atoms with Crippen molar-refractivity contribution in [3.63, 3.8) is 0 Å². The van der Waals surface area contributed by atoms with Crippen LogP contribution in [0.4, 0.5) is 0 Å². The Kier molecular flexibility index (Phi) is 7.30. The van der Waals surface area contributed by atoms with Gasteiger partial charge in [0.1, 0.15) is 0 Å². The highest BCUT2D eigenvalue weighted by Gasteiger charge is 2.24. The van der Waals surface area contributed by atoms with Crippen LogP contribution in [0.1, 0.15) is 6.42 Å². The summed E-state index contributed by atoms with van der Waals surface area (Å²) in [4.78, 5) is 8.18. The molecule has 21 heavy (non-hydrogen) atoms. The first-order valence-electron chi connectivity index (χ1n) is 7.46. The summed E-state index contributed by atoms with van der Waals surface area (Å²) in [5.74, 6) is 4.15. The highest BCUT2D eigenvalue weighted by atomic mass is 32.2. The minimum absolute atomic E-state index is 0.759. The van der Waals surface area contributed by atoms with Crippen molar-refractivity contribution >= 4 is 29.5 Å². The van der Waals surface area contributed by atoms with E-state index in [-0.39, 0.29) is 0 Å². The Bertz CT molecular complexity index is 436. The number of benzene rings is 1. The van der Waals surface area contributed by atoms with E-state index in [0.717, 1.165) is 37.3 Å². The number of hydrogen-bond acceptors (Lipinski definition) is 3. The summed E-state index contributed by atoms with van der Waals surface area (Å²) in [5.41, 5.74) is 0. The Labute approximate surface area is 137 Å². The molecule has 1 N–H and O–H groups in total. The number of thioether (sulfide) groups is 2. The predicted octanol–water partition coefficient (Wildman–Crippen LogP) is 3.04. The molecule has 3 nitrogen and oxygen atoms in total. The van der Waals surface area contributed by atoms with Crippen LogP contribution in [0.3, 0.4) is 0 Å². The number of likely N-dealkylation sites (tertiary alicyclic amines) is 1. The van der Waals surface area contributed by atoms with Crippen LogP contribution in [0.25, 0.3) is 0 Å². The molecule has 0 radical (unpaired) electrons. The Morgan fingerprint density at radius 3 is 2.90 bits per heavy atom. The minimum atomic E-state index is 0.759. The third-order valence-corrected chi connectivity index (χ3v) is 5.47. The SMILES string of the molecule is CN=C(NCCSC)N1CCC(CSc2ccccc2)C1. The van der Waals surface area contributed by atoms with E-state index < -0.39 is 0 Å². The molecule has 1 aromatic carbocycles. The zero-order chi connectivity index (χ0) is 14.9. The molecule has 1 heterocycles. The molecule has 1 aromatic rings. The zero-order valence-electron chi connectivity index (χ0n) is 12.9. The van der Waals surface area contributed by atoms with E-state index in [4.69, 9.17) is 0 Å². The zero-order valence-corrected chi connectivity index (χ0v) is 14.6. The Hall–Kier alpha value is -0.810. The molecular weight excluding hydrogens is 298 g/mol. The molecule has 0 bridgehead atoms. The van der Waals surface area contributed by atoms with Gasteiger partial charge in [0.25, 0.3) is 0 Å². The first-order chi connectivity index (χ1) is 10.3. The highest BCUT2D eigenvalue weighted by molar-refractivity contribution is 7.99. The maximum Gasteiger partial charge on any atom is 0.193 e. The summed E-state index contributed by atoms with van der Waals surface area (Å²) in [5, 5.41) is 3.45. The fraction of sp³-hybridized carbons (Fsp3) is 0.562. The van der Waals surface area contributed by atoms with Crippen molar-refractivity contribution in [2.75, 3.05) is 44.4 Å². The monoisotopic (exact) mass is 323 g/mol. The molecule has 116 valence electrons. The summed E-state index contributed by atoms with van der Waals surface area (Å²) in [7, 11) is 1.88. The summed E-state index contributed by atoms with van der Waals surface area (Å²) in [6, 6.07) is 10.7. The lowest BCUT2D eigenvalue weighted by Crippen LogP contribution is -2.41. The van der Waals surface area contributed by atoms with Gasteiger partial charge in [0, 0.05) is 43.1 Å². The molecule has 0 amide bonds. The van der Waals surface area contributed by atoms with Crippen LogP contribution in [0.15, 0.2) is 40.2 Å². The standard InChI is InChI=1S/C16H25N3S2/c1-17-16(18-9-11-20-2)19-10-8-14(12-19)13-21-15-6-4-3-5-7-15/h3-7,14H,8-13H2,1-2H3,(H,17,18). The number of hydrogen-bond donors (Lipinski definition) is 1. The van der Waals surface area contributed by atoms with Crippen molar-refractivity contribution in [1.29, 1.82) is 0 Å². The fourth-order valence-corrected chi connectivity index (χ4v) is 3.85. The van der Waals surface area contributed by atoms with Crippen LogP contribution in [0.2, 0.25) is 0 Å². The van der Waals surface area contributed by atoms with Crippen molar-refractivity contribution in [3.8, 4) is 0 Å². The molecule has 0 spiro atoms. The van der Waals surface area contributed by atoms with E-state index in [1.54, 1.807) is 0 Å². The number of nitrogens with one attached hydrogen (secondary N) is 1. The Balaban J connectivity index is 1.74. The number of aliphatic imine (C=N–C) groups is 1. The van der Waals surface area contributed by atoms with E-state index in [1.807, 2.05) is 30.6 Å². The summed E-state index contributed by atoms with van der Waals surface area (Å²) < 4.78 is 0. The lowest BCUT2D eigenvalue weighted by Gasteiger charge is -2.21. The lowest BCUT2D eigenvalue weighted by atomic mass is 10.2. The number of nitrogens with zero attached hydrogens (tertiary/aromatic N) is 2. The van der Waals surface area contributed by atoms with Gasteiger partial charge in [-0.15, -0.1) is 11.8 Å². The van der Waals surface area contributed by atoms with E-state index in [0.29, 0.717) is 0 Å². The largest absolute Gasteiger partial charge is 0.355 e. The molecule has 1 saturated heterocycles. The second-order valence-electron chi connectivity index (χ2n) is 5.19. The van der Waals surface area contributed by atoms with Crippen molar-refractivity contribution in [2.45, 2.75) is 11.3 Å². The number of rotatable bonds is 6. The molecule has 0 saturated carbocycles. The first kappa shape index (κ1) is 16.6. The molecule has 1 unspecified atom stereocenters. The Morgan fingerprint density at radius 2 is 2.19 bits per heavy atom. The van der Waals surface area contributed by atoms with Crippen molar-refractivity contribution in [2.24, 2.45) is 10.9 Å². The minimum Gasteiger partial charge on any atom is -0.355 e. The van der Waals surface area contributed by atoms with Crippen LogP contribution in [-0.2, 0) is 0 Å².